The van der Waals surface area contributed by atoms with Crippen LogP contribution in [-0.4, -0.2) is 86.0 Å². The Bertz CT molecular complexity index is 1520. The van der Waals surface area contributed by atoms with Gasteiger partial charge in [-0.25, -0.2) is 4.79 Å². The molecule has 6 unspecified atom stereocenters. The second-order valence-electron chi connectivity index (χ2n) is 15.9. The van der Waals surface area contributed by atoms with Gasteiger partial charge < -0.3 is 36.4 Å². The number of aryl methyl sites for hydroxylation is 2. The normalized spacial score (nSPS) is 15.0. The van der Waals surface area contributed by atoms with E-state index in [1.807, 2.05) is 60.6 Å². The summed E-state index contributed by atoms with van der Waals surface area (Å²) in [6.45, 7) is 20.2. The minimum atomic E-state index is -1.21. The summed E-state index contributed by atoms with van der Waals surface area (Å²) in [4.78, 5) is 70.7. The van der Waals surface area contributed by atoms with Crippen LogP contribution >= 0.6 is 0 Å². The third kappa shape index (κ3) is 15.8. The molecule has 2 heterocycles. The van der Waals surface area contributed by atoms with Gasteiger partial charge in [-0.3, -0.25) is 28.8 Å². The monoisotopic (exact) mass is 756 g/mol. The smallest absolute Gasteiger partial charge is 0.407 e. The quantitative estimate of drug-likeness (QED) is 0.117. The maximum atomic E-state index is 13.9. The number of aliphatic hydroxyl groups excluding tert-OH is 1. The van der Waals surface area contributed by atoms with E-state index in [-0.39, 0.29) is 37.3 Å². The van der Waals surface area contributed by atoms with Crippen LogP contribution in [0.2, 0.25) is 0 Å². The lowest BCUT2D eigenvalue weighted by molar-refractivity contribution is -0.133. The Labute approximate surface area is 320 Å². The molecule has 0 aliphatic heterocycles. The number of hydrogen-bond acceptors (Lipinski definition) is 9. The number of alkyl carbamates (subject to hydrolysis) is 1. The van der Waals surface area contributed by atoms with Crippen molar-refractivity contribution in [1.82, 2.24) is 41.3 Å². The fourth-order valence-corrected chi connectivity index (χ4v) is 5.82. The van der Waals surface area contributed by atoms with E-state index >= 15 is 0 Å². The van der Waals surface area contributed by atoms with E-state index < -0.39 is 65.5 Å². The zero-order valence-corrected chi connectivity index (χ0v) is 34.0. The minimum Gasteiger partial charge on any atom is -0.444 e. The van der Waals surface area contributed by atoms with Crippen LogP contribution in [-0.2, 0) is 37.0 Å². The fraction of sp³-hybridized carbons (Fsp3) is 0.667. The van der Waals surface area contributed by atoms with E-state index in [4.69, 9.17) is 4.74 Å². The Balaban J connectivity index is 2.19. The van der Waals surface area contributed by atoms with Gasteiger partial charge >= 0.3 is 6.09 Å². The van der Waals surface area contributed by atoms with E-state index in [9.17, 15) is 29.1 Å². The minimum absolute atomic E-state index is 0.0163. The van der Waals surface area contributed by atoms with Crippen LogP contribution < -0.4 is 26.6 Å². The van der Waals surface area contributed by atoms with Gasteiger partial charge in [-0.2, -0.15) is 5.10 Å². The number of ether oxygens (including phenoxy) is 1. The first kappa shape index (κ1) is 45.6. The van der Waals surface area contributed by atoms with Crippen LogP contribution in [0.3, 0.4) is 0 Å². The average molecular weight is 757 g/mol. The van der Waals surface area contributed by atoms with E-state index in [2.05, 4.69) is 36.7 Å². The molecule has 0 fully saturated rings. The van der Waals surface area contributed by atoms with E-state index in [0.29, 0.717) is 25.1 Å². The molecule has 6 atom stereocenters. The molecule has 302 valence electrons. The first-order chi connectivity index (χ1) is 25.2. The van der Waals surface area contributed by atoms with Gasteiger partial charge in [0.1, 0.15) is 17.7 Å². The molecule has 0 bridgehead atoms. The Kier molecular flexibility index (Phi) is 18.1. The molecular formula is C39H64N8O7. The number of aromatic nitrogens is 3. The standard InChI is InChI=1S/C39H64N8O7/c1-12-28(22-47-27(8)19-26(7)46-47)35(50)44-31(21-42-38(53)54-39(9,10)11)36(51)43-30(17-23(2)3)32(48)18-25(6)34(49)45-33(24(4)5)37(52)41-20-29-15-13-14-16-40-29/h13-16,19,23-25,28,30-33,48H,12,17-18,20-22H2,1-11H3,(H,41,52)(H,42,53)(H,43,51)(H,44,50)(H,45,49). The summed E-state index contributed by atoms with van der Waals surface area (Å²) in [6.07, 6.45) is 0.537. The van der Waals surface area contributed by atoms with Crippen molar-refractivity contribution in [3.05, 3.63) is 47.5 Å². The van der Waals surface area contributed by atoms with Crippen LogP contribution in [0, 0.1) is 37.5 Å². The summed E-state index contributed by atoms with van der Waals surface area (Å²) >= 11 is 0. The lowest BCUT2D eigenvalue weighted by Crippen LogP contribution is -2.58. The molecule has 2 aromatic rings. The summed E-state index contributed by atoms with van der Waals surface area (Å²) < 4.78 is 7.10. The van der Waals surface area contributed by atoms with E-state index in [1.165, 1.54) is 0 Å². The van der Waals surface area contributed by atoms with Gasteiger partial charge in [0.15, 0.2) is 0 Å². The Morgan fingerprint density at radius 3 is 2.11 bits per heavy atom. The third-order valence-corrected chi connectivity index (χ3v) is 8.82. The van der Waals surface area contributed by atoms with Crippen LogP contribution in [0.25, 0.3) is 0 Å². The van der Waals surface area contributed by atoms with Crippen molar-refractivity contribution in [2.75, 3.05) is 6.54 Å². The van der Waals surface area contributed by atoms with Gasteiger partial charge in [0.05, 0.1) is 49.1 Å². The molecule has 15 heteroatoms. The largest absolute Gasteiger partial charge is 0.444 e. The van der Waals surface area contributed by atoms with Gasteiger partial charge in [0.2, 0.25) is 23.6 Å². The Morgan fingerprint density at radius 2 is 1.57 bits per heavy atom. The SMILES string of the molecule is CCC(Cn1nc(C)cc1C)C(=O)NC(CNC(=O)OC(C)(C)C)C(=O)NC(CC(C)C)C(O)CC(C)C(=O)NC(C(=O)NCc1ccccn1)C(C)C. The molecule has 15 nitrogen and oxygen atoms in total. The Morgan fingerprint density at radius 1 is 0.889 bits per heavy atom. The molecular weight excluding hydrogens is 692 g/mol. The van der Waals surface area contributed by atoms with Gasteiger partial charge in [0, 0.05) is 17.8 Å². The van der Waals surface area contributed by atoms with Gasteiger partial charge in [0.25, 0.3) is 0 Å². The fourth-order valence-electron chi connectivity index (χ4n) is 5.82. The molecule has 0 aliphatic rings. The van der Waals surface area contributed by atoms with Crippen LogP contribution in [0.5, 0.6) is 0 Å². The lowest BCUT2D eigenvalue weighted by Gasteiger charge is -2.30. The lowest BCUT2D eigenvalue weighted by atomic mass is 9.91. The number of nitrogens with one attached hydrogen (secondary N) is 5. The molecule has 2 aromatic heterocycles. The molecule has 0 saturated carbocycles. The van der Waals surface area contributed by atoms with Crippen molar-refractivity contribution in [1.29, 1.82) is 0 Å². The molecule has 6 N–H and O–H groups in total. The number of amides is 5. The molecule has 5 amide bonds. The maximum absolute atomic E-state index is 13.9. The van der Waals surface area contributed by atoms with Gasteiger partial charge in [-0.05, 0) is 83.9 Å². The molecule has 0 aromatic carbocycles. The highest BCUT2D eigenvalue weighted by Crippen LogP contribution is 2.17. The second-order valence-corrected chi connectivity index (χ2v) is 15.9. The zero-order chi connectivity index (χ0) is 40.7. The van der Waals surface area contributed by atoms with Crippen LogP contribution in [0.4, 0.5) is 4.79 Å². The number of carbonyl (C=O) groups is 5. The number of rotatable bonds is 20. The summed E-state index contributed by atoms with van der Waals surface area (Å²) in [7, 11) is 0. The summed E-state index contributed by atoms with van der Waals surface area (Å²) in [5.41, 5.74) is 1.62. The number of nitrogens with zero attached hydrogens (tertiary/aromatic N) is 3. The topological polar surface area (TPSA) is 206 Å². The number of pyridine rings is 1. The molecule has 0 spiro atoms. The predicted molar refractivity (Wildman–Crippen MR) is 206 cm³/mol. The van der Waals surface area contributed by atoms with Crippen LogP contribution in [0.1, 0.15) is 98.7 Å². The highest BCUT2D eigenvalue weighted by molar-refractivity contribution is 5.90. The van der Waals surface area contributed by atoms with Crippen molar-refractivity contribution < 1.29 is 33.8 Å². The Hall–Kier alpha value is -4.53. The summed E-state index contributed by atoms with van der Waals surface area (Å²) in [6, 6.07) is 4.49. The number of hydrogen-bond donors (Lipinski definition) is 6. The van der Waals surface area contributed by atoms with E-state index in [1.54, 1.807) is 50.7 Å². The van der Waals surface area contributed by atoms with Crippen molar-refractivity contribution >= 4 is 29.7 Å². The molecule has 0 aliphatic carbocycles. The summed E-state index contributed by atoms with van der Waals surface area (Å²) in [5.74, 6) is -3.21. The van der Waals surface area contributed by atoms with Gasteiger partial charge in [-0.15, -0.1) is 0 Å². The number of carbonyl (C=O) groups excluding carboxylic acids is 5. The molecule has 0 saturated heterocycles. The van der Waals surface area contributed by atoms with Gasteiger partial charge in [-0.1, -0.05) is 47.6 Å². The van der Waals surface area contributed by atoms with Crippen molar-refractivity contribution in [3.63, 3.8) is 0 Å². The third-order valence-electron chi connectivity index (χ3n) is 8.82. The average Bonchev–Trinajstić information content (AvgIpc) is 3.40. The van der Waals surface area contributed by atoms with E-state index in [0.717, 1.165) is 11.4 Å². The highest BCUT2D eigenvalue weighted by atomic mass is 16.6. The van der Waals surface area contributed by atoms with Crippen molar-refractivity contribution in [3.8, 4) is 0 Å². The predicted octanol–water partition coefficient (Wildman–Crippen LogP) is 3.31. The molecule has 0 radical (unpaired) electrons. The maximum Gasteiger partial charge on any atom is 0.407 e. The first-order valence-corrected chi connectivity index (χ1v) is 18.9. The second kappa shape index (κ2) is 21.4. The van der Waals surface area contributed by atoms with Crippen molar-refractivity contribution in [2.24, 2.45) is 23.7 Å². The highest BCUT2D eigenvalue weighted by Gasteiger charge is 2.33. The number of aliphatic hydroxyl groups is 1. The van der Waals surface area contributed by atoms with Crippen LogP contribution in [0.15, 0.2) is 30.5 Å². The summed E-state index contributed by atoms with van der Waals surface area (Å²) in [5, 5.41) is 29.8. The zero-order valence-electron chi connectivity index (χ0n) is 34.0. The first-order valence-electron chi connectivity index (χ1n) is 18.9. The molecule has 2 rings (SSSR count). The van der Waals surface area contributed by atoms with Crippen molar-refractivity contribution in [2.45, 2.75) is 138 Å². The molecule has 54 heavy (non-hydrogen) atoms.